The lowest BCUT2D eigenvalue weighted by atomic mass is 10.7. The van der Waals surface area contributed by atoms with Gasteiger partial charge >= 0.3 is 6.03 Å². The lowest BCUT2D eigenvalue weighted by molar-refractivity contribution is -0.120. The van der Waals surface area contributed by atoms with Crippen molar-refractivity contribution in [2.75, 3.05) is 12.0 Å². The molecule has 5 nitrogen and oxygen atoms in total. The minimum Gasteiger partial charge on any atom is -0.283 e. The normalized spacial score (nSPS) is 9.31. The quantitative estimate of drug-likeness (QED) is 0.745. The average molecular weight is 203 g/mol. The Labute approximate surface area is 77.0 Å². The topological polar surface area (TPSA) is 71.1 Å². The Kier molecular flexibility index (Phi) is 3.32. The van der Waals surface area contributed by atoms with Gasteiger partial charge in [-0.1, -0.05) is 0 Å². The third-order valence-electron chi connectivity index (χ3n) is 1.03. The molecular formula is C6H6FN3O2S. The van der Waals surface area contributed by atoms with Crippen LogP contribution in [0.15, 0.2) is 11.6 Å². The van der Waals surface area contributed by atoms with Crippen molar-refractivity contribution in [2.45, 2.75) is 0 Å². The first-order valence-electron chi connectivity index (χ1n) is 3.28. The molecule has 1 heterocycles. The van der Waals surface area contributed by atoms with E-state index in [1.165, 1.54) is 17.5 Å². The summed E-state index contributed by atoms with van der Waals surface area (Å²) in [4.78, 5) is 25.0. The summed E-state index contributed by atoms with van der Waals surface area (Å²) in [5, 5.41) is 6.04. The minimum atomic E-state index is -1.22. The molecule has 0 aliphatic heterocycles. The van der Waals surface area contributed by atoms with Gasteiger partial charge in [-0.05, 0) is 0 Å². The molecule has 0 bridgehead atoms. The molecule has 1 aromatic rings. The molecule has 0 aliphatic carbocycles. The van der Waals surface area contributed by atoms with Crippen LogP contribution in [0, 0.1) is 0 Å². The summed E-state index contributed by atoms with van der Waals surface area (Å²) in [5.41, 5.74) is 0. The number of carbonyl (C=O) groups excluding carboxylic acids is 2. The molecule has 0 saturated carbocycles. The SMILES string of the molecule is O=C(CF)NC(=O)Nc1nccs1. The van der Waals surface area contributed by atoms with E-state index in [2.05, 4.69) is 10.3 Å². The molecule has 70 valence electrons. The number of imide groups is 1. The van der Waals surface area contributed by atoms with Gasteiger partial charge in [-0.2, -0.15) is 0 Å². The highest BCUT2D eigenvalue weighted by Crippen LogP contribution is 2.09. The van der Waals surface area contributed by atoms with E-state index >= 15 is 0 Å². The number of rotatable bonds is 2. The maximum Gasteiger partial charge on any atom is 0.327 e. The second kappa shape index (κ2) is 4.51. The van der Waals surface area contributed by atoms with Gasteiger partial charge in [0.1, 0.15) is 0 Å². The van der Waals surface area contributed by atoms with Crippen molar-refractivity contribution in [1.82, 2.24) is 10.3 Å². The fraction of sp³-hybridized carbons (Fsp3) is 0.167. The summed E-state index contributed by atoms with van der Waals surface area (Å²) in [5.74, 6) is -0.978. The fourth-order valence-electron chi connectivity index (χ4n) is 0.574. The van der Waals surface area contributed by atoms with Crippen LogP contribution in [0.2, 0.25) is 0 Å². The van der Waals surface area contributed by atoms with Crippen LogP contribution in [-0.4, -0.2) is 23.6 Å². The molecule has 0 spiro atoms. The summed E-state index contributed by atoms with van der Waals surface area (Å²) in [7, 11) is 0. The van der Waals surface area contributed by atoms with Gasteiger partial charge in [-0.3, -0.25) is 15.4 Å². The Morgan fingerprint density at radius 2 is 2.38 bits per heavy atom. The van der Waals surface area contributed by atoms with E-state index in [1.807, 2.05) is 0 Å². The summed E-state index contributed by atoms with van der Waals surface area (Å²) in [6, 6.07) is -0.780. The summed E-state index contributed by atoms with van der Waals surface area (Å²) < 4.78 is 11.6. The third-order valence-corrected chi connectivity index (χ3v) is 1.72. The predicted molar refractivity (Wildman–Crippen MR) is 45.3 cm³/mol. The summed E-state index contributed by atoms with van der Waals surface area (Å²) in [6.45, 7) is -1.22. The van der Waals surface area contributed by atoms with Crippen molar-refractivity contribution >= 4 is 28.4 Å². The van der Waals surface area contributed by atoms with Crippen molar-refractivity contribution in [2.24, 2.45) is 0 Å². The first-order chi connectivity index (χ1) is 6.22. The van der Waals surface area contributed by atoms with Crippen LogP contribution >= 0.6 is 11.3 Å². The molecule has 0 aliphatic rings. The number of thiazole rings is 1. The highest BCUT2D eigenvalue weighted by molar-refractivity contribution is 7.13. The lowest BCUT2D eigenvalue weighted by Crippen LogP contribution is -2.35. The van der Waals surface area contributed by atoms with Gasteiger partial charge in [-0.25, -0.2) is 14.2 Å². The van der Waals surface area contributed by atoms with Crippen LogP contribution in [0.5, 0.6) is 0 Å². The molecule has 13 heavy (non-hydrogen) atoms. The van der Waals surface area contributed by atoms with E-state index in [9.17, 15) is 14.0 Å². The molecule has 0 unspecified atom stereocenters. The number of halogens is 1. The summed E-state index contributed by atoms with van der Waals surface area (Å²) in [6.07, 6.45) is 1.50. The number of nitrogens with one attached hydrogen (secondary N) is 2. The average Bonchev–Trinajstić information content (AvgIpc) is 2.56. The van der Waals surface area contributed by atoms with Crippen molar-refractivity contribution < 1.29 is 14.0 Å². The second-order valence-electron chi connectivity index (χ2n) is 1.97. The molecule has 0 aromatic carbocycles. The molecule has 2 N–H and O–H groups in total. The van der Waals surface area contributed by atoms with Crippen LogP contribution in [0.1, 0.15) is 0 Å². The standard InChI is InChI=1S/C6H6FN3O2S/c7-3-4(11)9-5(12)10-6-8-1-2-13-6/h1-2H,3H2,(H2,8,9,10,11,12). The smallest absolute Gasteiger partial charge is 0.283 e. The second-order valence-corrected chi connectivity index (χ2v) is 2.87. The minimum absolute atomic E-state index is 0.351. The Hall–Kier alpha value is -1.50. The molecule has 0 atom stereocenters. The van der Waals surface area contributed by atoms with E-state index in [0.717, 1.165) is 0 Å². The number of carbonyl (C=O) groups is 2. The zero-order chi connectivity index (χ0) is 9.68. The van der Waals surface area contributed by atoms with Gasteiger partial charge in [0.25, 0.3) is 5.91 Å². The van der Waals surface area contributed by atoms with Gasteiger partial charge in [0.2, 0.25) is 0 Å². The fourth-order valence-corrected chi connectivity index (χ4v) is 1.10. The molecular weight excluding hydrogens is 197 g/mol. The van der Waals surface area contributed by atoms with Gasteiger partial charge in [0.05, 0.1) is 0 Å². The predicted octanol–water partition coefficient (Wildman–Crippen LogP) is 0.761. The number of aromatic nitrogens is 1. The van der Waals surface area contributed by atoms with Gasteiger partial charge in [-0.15, -0.1) is 11.3 Å². The number of alkyl halides is 1. The monoisotopic (exact) mass is 203 g/mol. The number of hydrogen-bond acceptors (Lipinski definition) is 4. The molecule has 1 rings (SSSR count). The third kappa shape index (κ3) is 3.16. The number of nitrogens with zero attached hydrogens (tertiary/aromatic N) is 1. The number of urea groups is 1. The van der Waals surface area contributed by atoms with E-state index < -0.39 is 18.6 Å². The number of amides is 3. The number of hydrogen-bond donors (Lipinski definition) is 2. The Morgan fingerprint density at radius 1 is 1.62 bits per heavy atom. The van der Waals surface area contributed by atoms with Crippen molar-refractivity contribution in [3.63, 3.8) is 0 Å². The van der Waals surface area contributed by atoms with Crippen molar-refractivity contribution in [1.29, 1.82) is 0 Å². The molecule has 3 amide bonds. The molecule has 0 radical (unpaired) electrons. The lowest BCUT2D eigenvalue weighted by Gasteiger charge is -2.00. The summed E-state index contributed by atoms with van der Waals surface area (Å²) >= 11 is 1.20. The molecule has 1 aromatic heterocycles. The van der Waals surface area contributed by atoms with Crippen LogP contribution in [0.25, 0.3) is 0 Å². The van der Waals surface area contributed by atoms with Crippen LogP contribution in [0.3, 0.4) is 0 Å². The van der Waals surface area contributed by atoms with E-state index in [0.29, 0.717) is 5.13 Å². The van der Waals surface area contributed by atoms with Gasteiger partial charge < -0.3 is 0 Å². The highest BCUT2D eigenvalue weighted by atomic mass is 32.1. The van der Waals surface area contributed by atoms with E-state index in [4.69, 9.17) is 0 Å². The molecule has 0 fully saturated rings. The Balaban J connectivity index is 2.38. The first kappa shape index (κ1) is 9.59. The van der Waals surface area contributed by atoms with E-state index in [-0.39, 0.29) is 0 Å². The Morgan fingerprint density at radius 3 is 2.92 bits per heavy atom. The number of anilines is 1. The van der Waals surface area contributed by atoms with Gasteiger partial charge in [0.15, 0.2) is 11.8 Å². The zero-order valence-corrected chi connectivity index (χ0v) is 7.23. The molecule has 7 heteroatoms. The highest BCUT2D eigenvalue weighted by Gasteiger charge is 2.07. The van der Waals surface area contributed by atoms with Gasteiger partial charge in [0, 0.05) is 11.6 Å². The van der Waals surface area contributed by atoms with E-state index in [1.54, 1.807) is 10.7 Å². The maximum atomic E-state index is 11.6. The Bertz CT molecular complexity index is 301. The van der Waals surface area contributed by atoms with Crippen LogP contribution < -0.4 is 10.6 Å². The zero-order valence-electron chi connectivity index (χ0n) is 6.41. The molecule has 0 saturated heterocycles. The van der Waals surface area contributed by atoms with Crippen molar-refractivity contribution in [3.8, 4) is 0 Å². The first-order valence-corrected chi connectivity index (χ1v) is 4.16. The largest absolute Gasteiger partial charge is 0.327 e. The van der Waals surface area contributed by atoms with Crippen LogP contribution in [0.4, 0.5) is 14.3 Å². The van der Waals surface area contributed by atoms with Crippen LogP contribution in [-0.2, 0) is 4.79 Å². The maximum absolute atomic E-state index is 11.6. The van der Waals surface area contributed by atoms with Crippen molar-refractivity contribution in [3.05, 3.63) is 11.6 Å².